The Labute approximate surface area is 120 Å². The molecule has 1 heterocycles. The fourth-order valence-electron chi connectivity index (χ4n) is 2.54. The van der Waals surface area contributed by atoms with E-state index in [9.17, 15) is 14.3 Å². The first-order valence-corrected chi connectivity index (χ1v) is 7.08. The van der Waals surface area contributed by atoms with Gasteiger partial charge in [-0.2, -0.15) is 0 Å². The van der Waals surface area contributed by atoms with Crippen LogP contribution in [0.15, 0.2) is 22.7 Å². The SMILES string of the molecule is CC(C)(O)C1CCCN1C(=O)c1ccc(Br)c(F)c1. The fraction of sp³-hybridized carbons (Fsp3) is 0.500. The van der Waals surface area contributed by atoms with Crippen molar-refractivity contribution in [2.24, 2.45) is 0 Å². The average molecular weight is 330 g/mol. The largest absolute Gasteiger partial charge is 0.388 e. The highest BCUT2D eigenvalue weighted by Gasteiger charge is 2.38. The van der Waals surface area contributed by atoms with Gasteiger partial charge in [0.1, 0.15) is 5.82 Å². The van der Waals surface area contributed by atoms with Crippen LogP contribution in [-0.2, 0) is 0 Å². The lowest BCUT2D eigenvalue weighted by atomic mass is 9.96. The van der Waals surface area contributed by atoms with Gasteiger partial charge in [0.25, 0.3) is 5.91 Å². The summed E-state index contributed by atoms with van der Waals surface area (Å²) in [7, 11) is 0. The number of aliphatic hydroxyl groups is 1. The number of carbonyl (C=O) groups is 1. The van der Waals surface area contributed by atoms with Gasteiger partial charge in [0.2, 0.25) is 0 Å². The highest BCUT2D eigenvalue weighted by atomic mass is 79.9. The summed E-state index contributed by atoms with van der Waals surface area (Å²) in [5, 5.41) is 10.1. The molecule has 2 rings (SSSR count). The van der Waals surface area contributed by atoms with Crippen LogP contribution < -0.4 is 0 Å². The van der Waals surface area contributed by atoms with Crippen LogP contribution in [0.1, 0.15) is 37.0 Å². The van der Waals surface area contributed by atoms with E-state index in [1.807, 2.05) is 0 Å². The first kappa shape index (κ1) is 14.5. The molecule has 19 heavy (non-hydrogen) atoms. The summed E-state index contributed by atoms with van der Waals surface area (Å²) in [5.74, 6) is -0.680. The van der Waals surface area contributed by atoms with Gasteiger partial charge in [-0.15, -0.1) is 0 Å². The Balaban J connectivity index is 2.26. The highest BCUT2D eigenvalue weighted by molar-refractivity contribution is 9.10. The normalized spacial score (nSPS) is 19.8. The molecule has 1 saturated heterocycles. The topological polar surface area (TPSA) is 40.5 Å². The van der Waals surface area contributed by atoms with Gasteiger partial charge in [-0.25, -0.2) is 4.39 Å². The van der Waals surface area contributed by atoms with Crippen molar-refractivity contribution in [1.82, 2.24) is 4.90 Å². The number of benzene rings is 1. The Kier molecular flexibility index (Phi) is 3.97. The van der Waals surface area contributed by atoms with E-state index in [1.165, 1.54) is 12.1 Å². The molecule has 0 spiro atoms. The molecule has 0 radical (unpaired) electrons. The van der Waals surface area contributed by atoms with Crippen LogP contribution in [0.2, 0.25) is 0 Å². The predicted octanol–water partition coefficient (Wildman–Crippen LogP) is 2.96. The molecule has 1 unspecified atom stereocenters. The number of nitrogens with zero attached hydrogens (tertiary/aromatic N) is 1. The quantitative estimate of drug-likeness (QED) is 0.906. The van der Waals surface area contributed by atoms with E-state index in [0.29, 0.717) is 16.6 Å². The Bertz CT molecular complexity index is 499. The fourth-order valence-corrected chi connectivity index (χ4v) is 2.79. The van der Waals surface area contributed by atoms with Crippen molar-refractivity contribution in [3.05, 3.63) is 34.1 Å². The van der Waals surface area contributed by atoms with Crippen LogP contribution in [0, 0.1) is 5.82 Å². The van der Waals surface area contributed by atoms with Crippen molar-refractivity contribution < 1.29 is 14.3 Å². The van der Waals surface area contributed by atoms with Crippen molar-refractivity contribution in [1.29, 1.82) is 0 Å². The molecule has 1 N–H and O–H groups in total. The molecule has 1 aromatic carbocycles. The lowest BCUT2D eigenvalue weighted by molar-refractivity contribution is 0.000323. The average Bonchev–Trinajstić information content (AvgIpc) is 2.80. The molecule has 0 aromatic heterocycles. The number of halogens is 2. The molecule has 0 saturated carbocycles. The number of hydrogen-bond donors (Lipinski definition) is 1. The maximum absolute atomic E-state index is 13.5. The molecule has 0 bridgehead atoms. The highest BCUT2D eigenvalue weighted by Crippen LogP contribution is 2.28. The van der Waals surface area contributed by atoms with Gasteiger partial charge in [0.15, 0.2) is 0 Å². The minimum Gasteiger partial charge on any atom is -0.388 e. The molecule has 0 aliphatic carbocycles. The number of likely N-dealkylation sites (tertiary alicyclic amines) is 1. The molecule has 3 nitrogen and oxygen atoms in total. The summed E-state index contributed by atoms with van der Waals surface area (Å²) in [6.07, 6.45) is 1.63. The molecule has 1 aromatic rings. The number of rotatable bonds is 2. The van der Waals surface area contributed by atoms with E-state index in [0.717, 1.165) is 12.8 Å². The Hall–Kier alpha value is -0.940. The second-order valence-electron chi connectivity index (χ2n) is 5.44. The van der Waals surface area contributed by atoms with E-state index in [2.05, 4.69) is 15.9 Å². The Morgan fingerprint density at radius 2 is 2.21 bits per heavy atom. The summed E-state index contributed by atoms with van der Waals surface area (Å²) < 4.78 is 13.8. The third-order valence-corrected chi connectivity index (χ3v) is 4.14. The Morgan fingerprint density at radius 1 is 1.53 bits per heavy atom. The van der Waals surface area contributed by atoms with E-state index < -0.39 is 11.4 Å². The predicted molar refractivity (Wildman–Crippen MR) is 74.5 cm³/mol. The third kappa shape index (κ3) is 2.98. The van der Waals surface area contributed by atoms with Crippen molar-refractivity contribution >= 4 is 21.8 Å². The number of amides is 1. The molecular weight excluding hydrogens is 313 g/mol. The minimum atomic E-state index is -0.944. The summed E-state index contributed by atoms with van der Waals surface area (Å²) in [6, 6.07) is 4.13. The smallest absolute Gasteiger partial charge is 0.254 e. The van der Waals surface area contributed by atoms with Gasteiger partial charge in [-0.3, -0.25) is 4.79 Å². The van der Waals surface area contributed by atoms with Gasteiger partial charge in [0.05, 0.1) is 16.1 Å². The lowest BCUT2D eigenvalue weighted by Gasteiger charge is -2.33. The Morgan fingerprint density at radius 3 is 2.79 bits per heavy atom. The number of carbonyl (C=O) groups excluding carboxylic acids is 1. The molecular formula is C14H17BrFNO2. The van der Waals surface area contributed by atoms with Crippen molar-refractivity contribution in [3.63, 3.8) is 0 Å². The van der Waals surface area contributed by atoms with Crippen LogP contribution >= 0.6 is 15.9 Å². The molecule has 1 aliphatic heterocycles. The zero-order valence-electron chi connectivity index (χ0n) is 11.0. The van der Waals surface area contributed by atoms with E-state index >= 15 is 0 Å². The second-order valence-corrected chi connectivity index (χ2v) is 6.29. The van der Waals surface area contributed by atoms with Crippen LogP contribution in [0.5, 0.6) is 0 Å². The van der Waals surface area contributed by atoms with Crippen molar-refractivity contribution in [2.45, 2.75) is 38.3 Å². The second kappa shape index (κ2) is 5.21. The molecule has 1 fully saturated rings. The summed E-state index contributed by atoms with van der Waals surface area (Å²) in [6.45, 7) is 4.00. The van der Waals surface area contributed by atoms with Crippen LogP contribution in [0.25, 0.3) is 0 Å². The summed E-state index contributed by atoms with van der Waals surface area (Å²) in [5.41, 5.74) is -0.628. The lowest BCUT2D eigenvalue weighted by Crippen LogP contribution is -2.48. The molecule has 1 amide bonds. The molecule has 5 heteroatoms. The van der Waals surface area contributed by atoms with Gasteiger partial charge in [-0.05, 0) is 60.8 Å². The van der Waals surface area contributed by atoms with E-state index in [4.69, 9.17) is 0 Å². The molecule has 1 atom stereocenters. The van der Waals surface area contributed by atoms with Gasteiger partial charge in [0, 0.05) is 12.1 Å². The molecule has 104 valence electrons. The maximum atomic E-state index is 13.5. The van der Waals surface area contributed by atoms with Crippen LogP contribution in [-0.4, -0.2) is 34.1 Å². The van der Waals surface area contributed by atoms with Gasteiger partial charge < -0.3 is 10.0 Å². The van der Waals surface area contributed by atoms with Crippen LogP contribution in [0.4, 0.5) is 4.39 Å². The molecule has 1 aliphatic rings. The third-order valence-electron chi connectivity index (χ3n) is 3.50. The minimum absolute atomic E-state index is 0.216. The monoisotopic (exact) mass is 329 g/mol. The van der Waals surface area contributed by atoms with E-state index in [1.54, 1.807) is 24.8 Å². The van der Waals surface area contributed by atoms with Crippen molar-refractivity contribution in [3.8, 4) is 0 Å². The van der Waals surface area contributed by atoms with Gasteiger partial charge in [-0.1, -0.05) is 0 Å². The standard InChI is InChI=1S/C14H17BrFNO2/c1-14(2,19)12-4-3-7-17(12)13(18)9-5-6-10(15)11(16)8-9/h5-6,8,12,19H,3-4,7H2,1-2H3. The first-order chi connectivity index (χ1) is 8.80. The van der Waals surface area contributed by atoms with Crippen molar-refractivity contribution in [2.75, 3.05) is 6.54 Å². The summed E-state index contributed by atoms with van der Waals surface area (Å²) >= 11 is 3.07. The van der Waals surface area contributed by atoms with Gasteiger partial charge >= 0.3 is 0 Å². The zero-order valence-corrected chi connectivity index (χ0v) is 12.6. The first-order valence-electron chi connectivity index (χ1n) is 6.29. The van der Waals surface area contributed by atoms with Crippen LogP contribution in [0.3, 0.4) is 0 Å². The summed E-state index contributed by atoms with van der Waals surface area (Å²) in [4.78, 5) is 14.0. The maximum Gasteiger partial charge on any atom is 0.254 e. The number of hydrogen-bond acceptors (Lipinski definition) is 2. The van der Waals surface area contributed by atoms with E-state index in [-0.39, 0.29) is 11.9 Å². The zero-order chi connectivity index (χ0) is 14.2.